The van der Waals surface area contributed by atoms with E-state index in [0.717, 1.165) is 22.2 Å². The van der Waals surface area contributed by atoms with E-state index in [1.807, 2.05) is 12.1 Å². The second-order valence-corrected chi connectivity index (χ2v) is 9.16. The highest BCUT2D eigenvalue weighted by molar-refractivity contribution is 7.88. The molecule has 0 radical (unpaired) electrons. The van der Waals surface area contributed by atoms with Crippen LogP contribution in [0.2, 0.25) is 0 Å². The Morgan fingerprint density at radius 2 is 2.07 bits per heavy atom. The number of amides is 1. The van der Waals surface area contributed by atoms with Crippen LogP contribution < -0.4 is 5.32 Å². The Balaban J connectivity index is 1.71. The molecule has 3 aromatic rings. The Morgan fingerprint density at radius 3 is 2.70 bits per heavy atom. The Morgan fingerprint density at radius 1 is 1.27 bits per heavy atom. The molecule has 4 rings (SSSR count). The summed E-state index contributed by atoms with van der Waals surface area (Å²) >= 11 is 0. The molecular weight excluding hydrogens is 407 g/mol. The molecule has 3 heterocycles. The number of aromatic amines is 1. The number of aromatic nitrogens is 2. The molecule has 7 nitrogen and oxygen atoms in total. The second kappa shape index (κ2) is 7.66. The summed E-state index contributed by atoms with van der Waals surface area (Å²) in [6.45, 7) is 0.752. The number of benzene rings is 1. The standard InChI is InChI=1S/C21H21FN4O3S/c1-23-21(27)16-4-3-14(11-18(16)22)15-5-8-24-20-17(15)12-19(25-20)13-6-9-26(10-7-13)30(2,28)29/h3-6,8,11-12H,7,9-10H2,1-2H3,(H,23,27)(H,24,25). The van der Waals surface area contributed by atoms with Crippen molar-refractivity contribution in [1.29, 1.82) is 0 Å². The van der Waals surface area contributed by atoms with Gasteiger partial charge in [0, 0.05) is 37.4 Å². The lowest BCUT2D eigenvalue weighted by Gasteiger charge is -2.23. The van der Waals surface area contributed by atoms with E-state index in [1.54, 1.807) is 18.3 Å². The number of sulfonamides is 1. The third-order valence-electron chi connectivity index (χ3n) is 5.27. The van der Waals surface area contributed by atoms with Crippen molar-refractivity contribution in [3.05, 3.63) is 59.7 Å². The number of carbonyl (C=O) groups excluding carboxylic acids is 1. The monoisotopic (exact) mass is 428 g/mol. The van der Waals surface area contributed by atoms with Gasteiger partial charge in [-0.3, -0.25) is 4.79 Å². The lowest BCUT2D eigenvalue weighted by molar-refractivity contribution is 0.0959. The maximum atomic E-state index is 14.5. The fraction of sp³-hybridized carbons (Fsp3) is 0.238. The maximum Gasteiger partial charge on any atom is 0.253 e. The van der Waals surface area contributed by atoms with Crippen LogP contribution in [0, 0.1) is 5.82 Å². The summed E-state index contributed by atoms with van der Waals surface area (Å²) in [5.41, 5.74) is 3.95. The summed E-state index contributed by atoms with van der Waals surface area (Å²) in [7, 11) is -1.76. The first kappa shape index (κ1) is 20.2. The van der Waals surface area contributed by atoms with Gasteiger partial charge in [-0.2, -0.15) is 4.31 Å². The Kier molecular flexibility index (Phi) is 5.17. The van der Waals surface area contributed by atoms with Crippen LogP contribution in [-0.2, 0) is 10.0 Å². The predicted molar refractivity (Wildman–Crippen MR) is 114 cm³/mol. The van der Waals surface area contributed by atoms with Crippen LogP contribution in [0.25, 0.3) is 27.7 Å². The first-order valence-electron chi connectivity index (χ1n) is 9.42. The van der Waals surface area contributed by atoms with E-state index in [-0.39, 0.29) is 5.56 Å². The van der Waals surface area contributed by atoms with Crippen molar-refractivity contribution in [2.45, 2.75) is 6.42 Å². The van der Waals surface area contributed by atoms with Crippen LogP contribution in [0.5, 0.6) is 0 Å². The number of hydrogen-bond donors (Lipinski definition) is 2. The summed E-state index contributed by atoms with van der Waals surface area (Å²) < 4.78 is 39.3. The first-order chi connectivity index (χ1) is 14.3. The number of halogens is 1. The molecular formula is C21H21FN4O3S. The van der Waals surface area contributed by atoms with Gasteiger partial charge in [0.1, 0.15) is 11.5 Å². The summed E-state index contributed by atoms with van der Waals surface area (Å²) in [5.74, 6) is -1.07. The smallest absolute Gasteiger partial charge is 0.253 e. The Hall–Kier alpha value is -3.04. The van der Waals surface area contributed by atoms with Crippen LogP contribution in [-0.4, -0.2) is 55.0 Å². The zero-order valence-corrected chi connectivity index (χ0v) is 17.4. The van der Waals surface area contributed by atoms with Crippen molar-refractivity contribution in [3.8, 4) is 11.1 Å². The number of nitrogens with one attached hydrogen (secondary N) is 2. The summed E-state index contributed by atoms with van der Waals surface area (Å²) in [4.78, 5) is 19.4. The Bertz CT molecular complexity index is 1280. The SMILES string of the molecule is CNC(=O)c1ccc(-c2ccnc3[nH]c(C4=CCN(S(C)(=O)=O)CC4)cc23)cc1F. The lowest BCUT2D eigenvalue weighted by atomic mass is 10.0. The average Bonchev–Trinajstić information content (AvgIpc) is 3.17. The number of fused-ring (bicyclic) bond motifs is 1. The summed E-state index contributed by atoms with van der Waals surface area (Å²) in [6.07, 6.45) is 5.33. The molecule has 0 atom stereocenters. The van der Waals surface area contributed by atoms with Crippen molar-refractivity contribution in [2.75, 3.05) is 26.4 Å². The van der Waals surface area contributed by atoms with Crippen molar-refractivity contribution >= 4 is 32.5 Å². The van der Waals surface area contributed by atoms with Gasteiger partial charge in [0.25, 0.3) is 5.91 Å². The highest BCUT2D eigenvalue weighted by atomic mass is 32.2. The van der Waals surface area contributed by atoms with E-state index in [9.17, 15) is 17.6 Å². The van der Waals surface area contributed by atoms with Crippen LogP contribution in [0.3, 0.4) is 0 Å². The number of nitrogens with zero attached hydrogens (tertiary/aromatic N) is 2. The maximum absolute atomic E-state index is 14.5. The predicted octanol–water partition coefficient (Wildman–Crippen LogP) is 2.78. The van der Waals surface area contributed by atoms with E-state index in [2.05, 4.69) is 15.3 Å². The molecule has 1 aliphatic heterocycles. The molecule has 9 heteroatoms. The molecule has 0 unspecified atom stereocenters. The van der Waals surface area contributed by atoms with E-state index in [4.69, 9.17) is 0 Å². The van der Waals surface area contributed by atoms with Gasteiger partial charge in [-0.05, 0) is 47.4 Å². The Labute approximate surface area is 173 Å². The minimum absolute atomic E-state index is 0.0101. The zero-order chi connectivity index (χ0) is 21.5. The van der Waals surface area contributed by atoms with Crippen LogP contribution in [0.15, 0.2) is 42.6 Å². The second-order valence-electron chi connectivity index (χ2n) is 7.18. The van der Waals surface area contributed by atoms with Crippen molar-refractivity contribution in [3.63, 3.8) is 0 Å². The minimum Gasteiger partial charge on any atom is -0.355 e. The highest BCUT2D eigenvalue weighted by Gasteiger charge is 2.21. The fourth-order valence-corrected chi connectivity index (χ4v) is 4.42. The van der Waals surface area contributed by atoms with Crippen LogP contribution >= 0.6 is 0 Å². The zero-order valence-electron chi connectivity index (χ0n) is 16.6. The summed E-state index contributed by atoms with van der Waals surface area (Å²) in [5, 5.41) is 3.25. The lowest BCUT2D eigenvalue weighted by Crippen LogP contribution is -2.33. The molecule has 0 aliphatic carbocycles. The highest BCUT2D eigenvalue weighted by Crippen LogP contribution is 2.32. The average molecular weight is 428 g/mol. The van der Waals surface area contributed by atoms with Crippen molar-refractivity contribution in [1.82, 2.24) is 19.6 Å². The van der Waals surface area contributed by atoms with Gasteiger partial charge in [0.2, 0.25) is 10.0 Å². The van der Waals surface area contributed by atoms with Gasteiger partial charge in [-0.15, -0.1) is 0 Å². The topological polar surface area (TPSA) is 95.2 Å². The van der Waals surface area contributed by atoms with E-state index < -0.39 is 21.7 Å². The number of rotatable bonds is 4. The van der Waals surface area contributed by atoms with Gasteiger partial charge in [-0.1, -0.05) is 12.1 Å². The van der Waals surface area contributed by atoms with Crippen LogP contribution in [0.4, 0.5) is 4.39 Å². The van der Waals surface area contributed by atoms with Crippen LogP contribution in [0.1, 0.15) is 22.5 Å². The molecule has 0 saturated carbocycles. The van der Waals surface area contributed by atoms with Gasteiger partial charge in [-0.25, -0.2) is 17.8 Å². The molecule has 156 valence electrons. The van der Waals surface area contributed by atoms with Gasteiger partial charge < -0.3 is 10.3 Å². The molecule has 0 fully saturated rings. The molecule has 1 amide bonds. The summed E-state index contributed by atoms with van der Waals surface area (Å²) in [6, 6.07) is 8.26. The fourth-order valence-electron chi connectivity index (χ4n) is 3.65. The quantitative estimate of drug-likeness (QED) is 0.668. The van der Waals surface area contributed by atoms with Gasteiger partial charge in [0.15, 0.2) is 0 Å². The molecule has 0 bridgehead atoms. The normalized spacial score (nSPS) is 15.2. The van der Waals surface area contributed by atoms with E-state index >= 15 is 0 Å². The number of H-pyrrole nitrogens is 1. The van der Waals surface area contributed by atoms with Crippen molar-refractivity contribution < 1.29 is 17.6 Å². The minimum atomic E-state index is -3.21. The largest absolute Gasteiger partial charge is 0.355 e. The van der Waals surface area contributed by atoms with E-state index in [1.165, 1.54) is 29.7 Å². The van der Waals surface area contributed by atoms with Crippen molar-refractivity contribution in [2.24, 2.45) is 0 Å². The molecule has 1 aromatic carbocycles. The number of pyridine rings is 1. The number of carbonyl (C=O) groups is 1. The molecule has 2 N–H and O–H groups in total. The van der Waals surface area contributed by atoms with Gasteiger partial charge in [0.05, 0.1) is 11.8 Å². The first-order valence-corrected chi connectivity index (χ1v) is 11.3. The molecule has 0 saturated heterocycles. The molecule has 0 spiro atoms. The van der Waals surface area contributed by atoms with E-state index in [0.29, 0.717) is 30.7 Å². The molecule has 2 aromatic heterocycles. The third-order valence-corrected chi connectivity index (χ3v) is 6.54. The number of hydrogen-bond acceptors (Lipinski definition) is 4. The molecule has 30 heavy (non-hydrogen) atoms. The van der Waals surface area contributed by atoms with Gasteiger partial charge >= 0.3 is 0 Å². The third kappa shape index (κ3) is 3.73. The molecule has 1 aliphatic rings.